The van der Waals surface area contributed by atoms with E-state index in [0.717, 1.165) is 43.5 Å². The number of rotatable bonds is 4. The Bertz CT molecular complexity index is 798. The van der Waals surface area contributed by atoms with Crippen molar-refractivity contribution >= 4 is 22.8 Å². The minimum absolute atomic E-state index is 0.00336. The molecule has 2 fully saturated rings. The van der Waals surface area contributed by atoms with Crippen LogP contribution in [-0.4, -0.2) is 75.4 Å². The number of nitrogens with one attached hydrogen (secondary N) is 1. The van der Waals surface area contributed by atoms with Crippen molar-refractivity contribution in [1.82, 2.24) is 30.1 Å². The molecule has 2 aliphatic rings. The molecular formula is C18H24N6O2. The van der Waals surface area contributed by atoms with Gasteiger partial charge in [0.2, 0.25) is 11.8 Å². The fourth-order valence-corrected chi connectivity index (χ4v) is 3.80. The standard InChI is InChI=1S/C18H24N6O2/c25-17(7-11-24-15-6-2-1-5-14(15)20-21-24)23-12-8-19-13-16(23)18(26)22-9-3-4-10-22/h1-2,5-6,16,19H,3-4,7-13H2/t16-/m1/s1. The number of likely N-dealkylation sites (tertiary alicyclic amines) is 1. The molecule has 1 N–H and O–H groups in total. The highest BCUT2D eigenvalue weighted by molar-refractivity contribution is 5.88. The van der Waals surface area contributed by atoms with Gasteiger partial charge in [-0.15, -0.1) is 5.10 Å². The van der Waals surface area contributed by atoms with Crippen LogP contribution in [0.1, 0.15) is 19.3 Å². The van der Waals surface area contributed by atoms with E-state index in [1.807, 2.05) is 29.2 Å². The lowest BCUT2D eigenvalue weighted by Crippen LogP contribution is -2.60. The zero-order valence-electron chi connectivity index (χ0n) is 14.8. The predicted molar refractivity (Wildman–Crippen MR) is 96.3 cm³/mol. The first-order chi connectivity index (χ1) is 12.7. The number of aryl methyl sites for hydroxylation is 1. The van der Waals surface area contributed by atoms with Crippen LogP contribution in [0.5, 0.6) is 0 Å². The SMILES string of the molecule is O=C([C@H]1CNCCN1C(=O)CCn1nnc2ccccc21)N1CCCC1. The van der Waals surface area contributed by atoms with E-state index in [0.29, 0.717) is 26.1 Å². The Balaban J connectivity index is 1.42. The molecule has 2 saturated heterocycles. The highest BCUT2D eigenvalue weighted by Gasteiger charge is 2.35. The lowest BCUT2D eigenvalue weighted by atomic mass is 10.1. The molecule has 0 radical (unpaired) electrons. The Kier molecular flexibility index (Phi) is 4.83. The number of aromatic nitrogens is 3. The summed E-state index contributed by atoms with van der Waals surface area (Å²) in [5.74, 6) is 0.0814. The second kappa shape index (κ2) is 7.41. The minimum atomic E-state index is -0.387. The monoisotopic (exact) mass is 356 g/mol. The number of carbonyl (C=O) groups excluding carboxylic acids is 2. The molecule has 138 valence electrons. The first kappa shape index (κ1) is 17.0. The van der Waals surface area contributed by atoms with Crippen molar-refractivity contribution in [1.29, 1.82) is 0 Å². The van der Waals surface area contributed by atoms with Crippen molar-refractivity contribution in [3.63, 3.8) is 0 Å². The summed E-state index contributed by atoms with van der Waals surface area (Å²) in [6, 6.07) is 7.32. The van der Waals surface area contributed by atoms with Crippen LogP contribution < -0.4 is 5.32 Å². The van der Waals surface area contributed by atoms with Gasteiger partial charge < -0.3 is 15.1 Å². The molecule has 26 heavy (non-hydrogen) atoms. The third kappa shape index (κ3) is 3.29. The Labute approximate surface area is 152 Å². The quantitative estimate of drug-likeness (QED) is 0.849. The van der Waals surface area contributed by atoms with Gasteiger partial charge in [0.1, 0.15) is 11.6 Å². The first-order valence-corrected chi connectivity index (χ1v) is 9.31. The topological polar surface area (TPSA) is 83.4 Å². The van der Waals surface area contributed by atoms with Gasteiger partial charge in [-0.3, -0.25) is 9.59 Å². The summed E-state index contributed by atoms with van der Waals surface area (Å²) in [6.45, 7) is 3.91. The van der Waals surface area contributed by atoms with Crippen LogP contribution in [0.25, 0.3) is 11.0 Å². The first-order valence-electron chi connectivity index (χ1n) is 9.31. The average molecular weight is 356 g/mol. The van der Waals surface area contributed by atoms with Gasteiger partial charge in [0, 0.05) is 39.1 Å². The number of carbonyl (C=O) groups is 2. The highest BCUT2D eigenvalue weighted by atomic mass is 16.2. The molecule has 1 atom stereocenters. The Morgan fingerprint density at radius 2 is 1.96 bits per heavy atom. The summed E-state index contributed by atoms with van der Waals surface area (Å²) >= 11 is 0. The van der Waals surface area contributed by atoms with E-state index in [-0.39, 0.29) is 17.9 Å². The van der Waals surface area contributed by atoms with Crippen LogP contribution in [0, 0.1) is 0 Å². The van der Waals surface area contributed by atoms with Gasteiger partial charge in [0.15, 0.2) is 0 Å². The van der Waals surface area contributed by atoms with E-state index in [4.69, 9.17) is 0 Å². The molecule has 1 aromatic heterocycles. The van der Waals surface area contributed by atoms with Crippen molar-refractivity contribution in [2.24, 2.45) is 0 Å². The third-order valence-corrected chi connectivity index (χ3v) is 5.22. The number of para-hydroxylation sites is 1. The van der Waals surface area contributed by atoms with Gasteiger partial charge in [0.25, 0.3) is 0 Å². The van der Waals surface area contributed by atoms with Crippen molar-refractivity contribution < 1.29 is 9.59 Å². The molecule has 8 nitrogen and oxygen atoms in total. The largest absolute Gasteiger partial charge is 0.341 e. The van der Waals surface area contributed by atoms with Crippen molar-refractivity contribution in [2.45, 2.75) is 31.8 Å². The molecule has 1 aromatic carbocycles. The maximum atomic E-state index is 12.8. The molecule has 2 aliphatic heterocycles. The number of fused-ring (bicyclic) bond motifs is 1. The molecule has 2 aromatic rings. The molecule has 0 aliphatic carbocycles. The second-order valence-corrected chi connectivity index (χ2v) is 6.89. The summed E-state index contributed by atoms with van der Waals surface area (Å²) in [5.41, 5.74) is 1.74. The second-order valence-electron chi connectivity index (χ2n) is 6.89. The van der Waals surface area contributed by atoms with E-state index in [9.17, 15) is 9.59 Å². The zero-order valence-corrected chi connectivity index (χ0v) is 14.8. The summed E-state index contributed by atoms with van der Waals surface area (Å²) < 4.78 is 1.76. The Morgan fingerprint density at radius 1 is 1.15 bits per heavy atom. The summed E-state index contributed by atoms with van der Waals surface area (Å²) in [4.78, 5) is 29.3. The molecule has 0 spiro atoms. The van der Waals surface area contributed by atoms with E-state index in [1.54, 1.807) is 9.58 Å². The van der Waals surface area contributed by atoms with Gasteiger partial charge in [-0.05, 0) is 25.0 Å². The minimum Gasteiger partial charge on any atom is -0.341 e. The maximum Gasteiger partial charge on any atom is 0.246 e. The average Bonchev–Trinajstić information content (AvgIpc) is 3.35. The molecule has 2 amide bonds. The van der Waals surface area contributed by atoms with Crippen LogP contribution in [0.15, 0.2) is 24.3 Å². The third-order valence-electron chi connectivity index (χ3n) is 5.22. The van der Waals surface area contributed by atoms with E-state index < -0.39 is 0 Å². The molecule has 0 bridgehead atoms. The molecule has 0 unspecified atom stereocenters. The number of benzene rings is 1. The summed E-state index contributed by atoms with van der Waals surface area (Å²) in [6.07, 6.45) is 2.43. The summed E-state index contributed by atoms with van der Waals surface area (Å²) in [5, 5.41) is 11.5. The van der Waals surface area contributed by atoms with Gasteiger partial charge in [-0.1, -0.05) is 17.3 Å². The molecule has 4 rings (SSSR count). The number of piperazine rings is 1. The predicted octanol–water partition coefficient (Wildman–Crippen LogP) is 0.244. The van der Waals surface area contributed by atoms with Crippen LogP contribution in [0.2, 0.25) is 0 Å². The van der Waals surface area contributed by atoms with Gasteiger partial charge in [0.05, 0.1) is 12.1 Å². The fraction of sp³-hybridized carbons (Fsp3) is 0.556. The fourth-order valence-electron chi connectivity index (χ4n) is 3.80. The smallest absolute Gasteiger partial charge is 0.246 e. The van der Waals surface area contributed by atoms with Crippen molar-refractivity contribution in [3.05, 3.63) is 24.3 Å². The van der Waals surface area contributed by atoms with Gasteiger partial charge in [-0.25, -0.2) is 4.68 Å². The molecule has 8 heteroatoms. The van der Waals surface area contributed by atoms with Crippen molar-refractivity contribution in [3.8, 4) is 0 Å². The van der Waals surface area contributed by atoms with E-state index in [2.05, 4.69) is 15.6 Å². The normalized spacial score (nSPS) is 20.7. The summed E-state index contributed by atoms with van der Waals surface area (Å²) in [7, 11) is 0. The van der Waals surface area contributed by atoms with Crippen LogP contribution in [0.3, 0.4) is 0 Å². The van der Waals surface area contributed by atoms with Crippen LogP contribution in [-0.2, 0) is 16.1 Å². The molecule has 3 heterocycles. The lowest BCUT2D eigenvalue weighted by molar-refractivity contribution is -0.146. The highest BCUT2D eigenvalue weighted by Crippen LogP contribution is 2.15. The lowest BCUT2D eigenvalue weighted by Gasteiger charge is -2.37. The Hall–Kier alpha value is -2.48. The Morgan fingerprint density at radius 3 is 2.81 bits per heavy atom. The number of hydrogen-bond acceptors (Lipinski definition) is 5. The van der Waals surface area contributed by atoms with Crippen LogP contribution in [0.4, 0.5) is 0 Å². The van der Waals surface area contributed by atoms with Gasteiger partial charge >= 0.3 is 0 Å². The number of hydrogen-bond donors (Lipinski definition) is 1. The van der Waals surface area contributed by atoms with Crippen LogP contribution >= 0.6 is 0 Å². The zero-order chi connectivity index (χ0) is 17.9. The molecule has 0 saturated carbocycles. The maximum absolute atomic E-state index is 12.8. The number of nitrogens with zero attached hydrogens (tertiary/aromatic N) is 5. The van der Waals surface area contributed by atoms with Gasteiger partial charge in [-0.2, -0.15) is 0 Å². The van der Waals surface area contributed by atoms with E-state index in [1.165, 1.54) is 0 Å². The molecular weight excluding hydrogens is 332 g/mol. The van der Waals surface area contributed by atoms with Crippen molar-refractivity contribution in [2.75, 3.05) is 32.7 Å². The number of amides is 2. The van der Waals surface area contributed by atoms with E-state index >= 15 is 0 Å².